The lowest BCUT2D eigenvalue weighted by molar-refractivity contribution is -0.124. The van der Waals surface area contributed by atoms with Crippen LogP contribution >= 0.6 is 11.6 Å². The van der Waals surface area contributed by atoms with Crippen LogP contribution in [-0.4, -0.2) is 34.7 Å². The number of nitrogens with zero attached hydrogens (tertiary/aromatic N) is 2. The number of benzene rings is 1. The number of amides is 2. The van der Waals surface area contributed by atoms with Gasteiger partial charge in [0.15, 0.2) is 11.5 Å². The number of halogens is 1. The van der Waals surface area contributed by atoms with Crippen molar-refractivity contribution in [1.29, 1.82) is 0 Å². The van der Waals surface area contributed by atoms with Crippen molar-refractivity contribution in [3.05, 3.63) is 59.4 Å². The summed E-state index contributed by atoms with van der Waals surface area (Å²) in [6.45, 7) is 0.727. The molecule has 30 heavy (non-hydrogen) atoms. The lowest BCUT2D eigenvalue weighted by Crippen LogP contribution is -2.37. The summed E-state index contributed by atoms with van der Waals surface area (Å²) in [6, 6.07) is 12.4. The summed E-state index contributed by atoms with van der Waals surface area (Å²) in [4.78, 5) is 24.7. The minimum Gasteiger partial charge on any atom is -0.463 e. The summed E-state index contributed by atoms with van der Waals surface area (Å²) in [5.74, 6) is 0.478. The van der Waals surface area contributed by atoms with Gasteiger partial charge in [0, 0.05) is 30.1 Å². The number of rotatable bonds is 7. The molecule has 7 nitrogen and oxygen atoms in total. The fraction of sp³-hybridized carbons (Fsp3) is 0.318. The number of aromatic nitrogens is 2. The molecule has 0 unspecified atom stereocenters. The van der Waals surface area contributed by atoms with Crippen molar-refractivity contribution in [1.82, 2.24) is 20.4 Å². The number of carbonyl (C=O) groups is 2. The zero-order valence-electron chi connectivity index (χ0n) is 16.4. The molecule has 2 heterocycles. The molecule has 3 aromatic rings. The monoisotopic (exact) mass is 426 g/mol. The Kier molecular flexibility index (Phi) is 6.18. The van der Waals surface area contributed by atoms with Crippen LogP contribution in [0.4, 0.5) is 0 Å². The number of furan rings is 1. The summed E-state index contributed by atoms with van der Waals surface area (Å²) in [6.07, 6.45) is 5.71. The Labute approximate surface area is 179 Å². The molecule has 1 saturated carbocycles. The van der Waals surface area contributed by atoms with Crippen molar-refractivity contribution >= 4 is 23.4 Å². The van der Waals surface area contributed by atoms with Gasteiger partial charge in [0.05, 0.1) is 12.0 Å². The molecular formula is C22H23ClN4O3. The average Bonchev–Trinajstić information content (AvgIpc) is 3.52. The standard InChI is InChI=1S/C22H23ClN4O3/c23-16-7-9-17(10-8-16)27-19(20-6-3-13-30-20)14-18(26-27)22(29)25-12-11-24-21(28)15-4-1-2-5-15/h3,6-10,13-15H,1-2,4-5,11-12H2,(H,24,28)(H,25,29). The van der Waals surface area contributed by atoms with Crippen LogP contribution in [0, 0.1) is 5.92 Å². The quantitative estimate of drug-likeness (QED) is 0.562. The average molecular weight is 427 g/mol. The van der Waals surface area contributed by atoms with E-state index in [0.29, 0.717) is 29.6 Å². The van der Waals surface area contributed by atoms with Crippen molar-refractivity contribution < 1.29 is 14.0 Å². The molecule has 1 fully saturated rings. The van der Waals surface area contributed by atoms with Gasteiger partial charge in [-0.05, 0) is 49.2 Å². The van der Waals surface area contributed by atoms with Gasteiger partial charge in [-0.25, -0.2) is 4.68 Å². The van der Waals surface area contributed by atoms with Crippen LogP contribution in [0.15, 0.2) is 53.1 Å². The third-order valence-electron chi connectivity index (χ3n) is 5.22. The normalized spacial score (nSPS) is 14.0. The maximum absolute atomic E-state index is 12.6. The molecular weight excluding hydrogens is 404 g/mol. The van der Waals surface area contributed by atoms with Crippen LogP contribution in [0.25, 0.3) is 17.1 Å². The van der Waals surface area contributed by atoms with Gasteiger partial charge >= 0.3 is 0 Å². The predicted octanol–water partition coefficient (Wildman–Crippen LogP) is 3.82. The lowest BCUT2D eigenvalue weighted by atomic mass is 10.1. The second kappa shape index (κ2) is 9.17. The molecule has 0 atom stereocenters. The zero-order chi connectivity index (χ0) is 20.9. The molecule has 0 bridgehead atoms. The van der Waals surface area contributed by atoms with Crippen LogP contribution in [0.3, 0.4) is 0 Å². The summed E-state index contributed by atoms with van der Waals surface area (Å²) < 4.78 is 7.15. The molecule has 4 rings (SSSR count). The van der Waals surface area contributed by atoms with Crippen molar-refractivity contribution in [2.24, 2.45) is 5.92 Å². The van der Waals surface area contributed by atoms with Gasteiger partial charge < -0.3 is 15.1 Å². The topological polar surface area (TPSA) is 89.2 Å². The summed E-state index contributed by atoms with van der Waals surface area (Å²) in [7, 11) is 0. The molecule has 0 radical (unpaired) electrons. The minimum absolute atomic E-state index is 0.0777. The van der Waals surface area contributed by atoms with Gasteiger partial charge in [-0.15, -0.1) is 0 Å². The van der Waals surface area contributed by atoms with Gasteiger partial charge in [-0.2, -0.15) is 5.10 Å². The Balaban J connectivity index is 1.43. The van der Waals surface area contributed by atoms with Crippen LogP contribution in [0.2, 0.25) is 5.02 Å². The van der Waals surface area contributed by atoms with Crippen LogP contribution < -0.4 is 10.6 Å². The van der Waals surface area contributed by atoms with Gasteiger partial charge in [0.25, 0.3) is 5.91 Å². The first-order chi connectivity index (χ1) is 14.6. The van der Waals surface area contributed by atoms with Crippen molar-refractivity contribution in [3.8, 4) is 17.1 Å². The number of hydrogen-bond acceptors (Lipinski definition) is 4. The first kappa shape index (κ1) is 20.2. The third-order valence-corrected chi connectivity index (χ3v) is 5.47. The Morgan fingerprint density at radius 1 is 1.10 bits per heavy atom. The van der Waals surface area contributed by atoms with Gasteiger partial charge in [-0.1, -0.05) is 24.4 Å². The maximum atomic E-state index is 12.6. The molecule has 0 saturated heterocycles. The number of carbonyl (C=O) groups excluding carboxylic acids is 2. The highest BCUT2D eigenvalue weighted by molar-refractivity contribution is 6.30. The van der Waals surface area contributed by atoms with E-state index < -0.39 is 0 Å². The second-order valence-electron chi connectivity index (χ2n) is 7.31. The van der Waals surface area contributed by atoms with Gasteiger partial charge in [0.1, 0.15) is 5.69 Å². The number of nitrogens with one attached hydrogen (secondary N) is 2. The highest BCUT2D eigenvalue weighted by atomic mass is 35.5. The largest absolute Gasteiger partial charge is 0.463 e. The van der Waals surface area contributed by atoms with E-state index >= 15 is 0 Å². The predicted molar refractivity (Wildman–Crippen MR) is 114 cm³/mol. The summed E-state index contributed by atoms with van der Waals surface area (Å²) >= 11 is 5.99. The van der Waals surface area contributed by atoms with E-state index in [4.69, 9.17) is 16.0 Å². The maximum Gasteiger partial charge on any atom is 0.271 e. The molecule has 0 aliphatic heterocycles. The van der Waals surface area contributed by atoms with E-state index in [9.17, 15) is 9.59 Å². The molecule has 2 amide bonds. The molecule has 0 spiro atoms. The molecule has 156 valence electrons. The Morgan fingerprint density at radius 3 is 2.53 bits per heavy atom. The van der Waals surface area contributed by atoms with Crippen molar-refractivity contribution in [3.63, 3.8) is 0 Å². The first-order valence-corrected chi connectivity index (χ1v) is 10.5. The number of hydrogen-bond donors (Lipinski definition) is 2. The van der Waals surface area contributed by atoms with Gasteiger partial charge in [0.2, 0.25) is 5.91 Å². The first-order valence-electron chi connectivity index (χ1n) is 10.1. The van der Waals surface area contributed by atoms with Crippen LogP contribution in [-0.2, 0) is 4.79 Å². The van der Waals surface area contributed by atoms with E-state index in [-0.39, 0.29) is 23.4 Å². The smallest absolute Gasteiger partial charge is 0.271 e. The van der Waals surface area contributed by atoms with E-state index in [1.54, 1.807) is 35.2 Å². The van der Waals surface area contributed by atoms with E-state index in [1.807, 2.05) is 18.2 Å². The second-order valence-corrected chi connectivity index (χ2v) is 7.75. The fourth-order valence-electron chi connectivity index (χ4n) is 3.66. The summed E-state index contributed by atoms with van der Waals surface area (Å²) in [5.41, 5.74) is 1.68. The Hall–Kier alpha value is -3.06. The third kappa shape index (κ3) is 4.57. The molecule has 1 aromatic carbocycles. The molecule has 2 N–H and O–H groups in total. The zero-order valence-corrected chi connectivity index (χ0v) is 17.2. The molecule has 1 aliphatic carbocycles. The highest BCUT2D eigenvalue weighted by Crippen LogP contribution is 2.26. The van der Waals surface area contributed by atoms with Crippen LogP contribution in [0.1, 0.15) is 36.2 Å². The Morgan fingerprint density at radius 2 is 1.83 bits per heavy atom. The fourth-order valence-corrected chi connectivity index (χ4v) is 3.78. The van der Waals surface area contributed by atoms with Crippen molar-refractivity contribution in [2.45, 2.75) is 25.7 Å². The van der Waals surface area contributed by atoms with E-state index in [2.05, 4.69) is 15.7 Å². The SMILES string of the molecule is O=C(NCCNC(=O)C1CCCC1)c1cc(-c2ccco2)n(-c2ccc(Cl)cc2)n1. The van der Waals surface area contributed by atoms with Crippen LogP contribution in [0.5, 0.6) is 0 Å². The molecule has 8 heteroatoms. The lowest BCUT2D eigenvalue weighted by Gasteiger charge is -2.10. The molecule has 1 aliphatic rings. The van der Waals surface area contributed by atoms with Gasteiger partial charge in [-0.3, -0.25) is 9.59 Å². The van der Waals surface area contributed by atoms with E-state index in [1.165, 1.54) is 0 Å². The highest BCUT2D eigenvalue weighted by Gasteiger charge is 2.22. The summed E-state index contributed by atoms with van der Waals surface area (Å²) in [5, 5.41) is 10.8. The van der Waals surface area contributed by atoms with E-state index in [0.717, 1.165) is 31.4 Å². The molecule has 2 aromatic heterocycles. The Bertz CT molecular complexity index is 1010. The van der Waals surface area contributed by atoms with Crippen molar-refractivity contribution in [2.75, 3.05) is 13.1 Å². The minimum atomic E-state index is -0.314.